The molecule has 0 radical (unpaired) electrons. The molecule has 0 rings (SSSR count). The van der Waals surface area contributed by atoms with Crippen LogP contribution in [0.1, 0.15) is 6.92 Å². The molecule has 7 heteroatoms. The van der Waals surface area contributed by atoms with Crippen LogP contribution in [0.2, 0.25) is 0 Å². The molecule has 0 aromatic carbocycles. The maximum absolute atomic E-state index is 11.8. The summed E-state index contributed by atoms with van der Waals surface area (Å²) in [5.41, 5.74) is 0. The van der Waals surface area contributed by atoms with Crippen molar-refractivity contribution in [1.29, 1.82) is 0 Å². The van der Waals surface area contributed by atoms with Gasteiger partial charge in [0.25, 0.3) is 0 Å². The van der Waals surface area contributed by atoms with Gasteiger partial charge in [-0.15, -0.1) is 4.20 Å². The third-order valence-corrected chi connectivity index (χ3v) is 1.79. The highest BCUT2D eigenvalue weighted by Crippen LogP contribution is 2.62. The molecule has 0 heterocycles. The molecule has 2 nitrogen and oxygen atoms in total. The minimum absolute atomic E-state index is 0.562. The molecule has 0 aliphatic carbocycles. The third-order valence-electron chi connectivity index (χ3n) is 0.598. The summed E-state index contributed by atoms with van der Waals surface area (Å²) in [5, 5.41) is 0. The van der Waals surface area contributed by atoms with Crippen LogP contribution in [0.5, 0.6) is 0 Å². The molecule has 0 saturated carbocycles. The third kappa shape index (κ3) is 2.27. The first-order chi connectivity index (χ1) is 4.31. The Morgan fingerprint density at radius 1 is 1.50 bits per heavy atom. The number of halogens is 4. The first kappa shape index (κ1) is 9.91. The lowest BCUT2D eigenvalue weighted by Gasteiger charge is -2.10. The van der Waals surface area contributed by atoms with Crippen molar-refractivity contribution < 1.29 is 26.5 Å². The molecule has 1 unspecified atom stereocenters. The summed E-state index contributed by atoms with van der Waals surface area (Å²) in [6, 6.07) is 0. The van der Waals surface area contributed by atoms with E-state index in [0.29, 0.717) is 0 Å². The quantitative estimate of drug-likeness (QED) is 0.482. The predicted molar refractivity (Wildman–Crippen MR) is 26.4 cm³/mol. The second kappa shape index (κ2) is 2.88. The van der Waals surface area contributed by atoms with Crippen molar-refractivity contribution >= 4 is 7.68 Å². The number of hydrogen-bond donors (Lipinski definition) is 0. The summed E-state index contributed by atoms with van der Waals surface area (Å²) in [4.78, 5) is 0. The smallest absolute Gasteiger partial charge is 0.300 e. The molecule has 10 heavy (non-hydrogen) atoms. The summed E-state index contributed by atoms with van der Waals surface area (Å²) in [6.45, 7) is 0.561. The van der Waals surface area contributed by atoms with Gasteiger partial charge in [-0.25, -0.2) is 4.57 Å². The molecule has 0 aliphatic heterocycles. The molecule has 0 aromatic heterocycles. The van der Waals surface area contributed by atoms with Crippen molar-refractivity contribution in [3.8, 4) is 0 Å². The van der Waals surface area contributed by atoms with Crippen LogP contribution in [0.15, 0.2) is 0 Å². The van der Waals surface area contributed by atoms with E-state index in [-0.39, 0.29) is 0 Å². The van der Waals surface area contributed by atoms with Crippen molar-refractivity contribution in [3.05, 3.63) is 0 Å². The molecule has 0 bridgehead atoms. The monoisotopic (exact) mass is 180 g/mol. The maximum Gasteiger partial charge on any atom is 0.498 e. The van der Waals surface area contributed by atoms with Gasteiger partial charge in [-0.3, -0.25) is 4.52 Å². The van der Waals surface area contributed by atoms with E-state index < -0.39 is 20.2 Å². The second-order valence-corrected chi connectivity index (χ2v) is 3.09. The molecule has 0 amide bonds. The summed E-state index contributed by atoms with van der Waals surface area (Å²) < 4.78 is 58.8. The Bertz CT molecular complexity index is 153. The Hall–Kier alpha value is -0.0900. The minimum atomic E-state index is -5.88. The first-order valence-electron chi connectivity index (χ1n) is 2.32. The molecule has 0 fully saturated rings. The van der Waals surface area contributed by atoms with Gasteiger partial charge in [0, 0.05) is 0 Å². The Labute approximate surface area is 54.7 Å². The Kier molecular flexibility index (Phi) is 2.86. The largest absolute Gasteiger partial charge is 0.498 e. The predicted octanol–water partition coefficient (Wildman–Crippen LogP) is 2.71. The highest BCUT2D eigenvalue weighted by atomic mass is 31.2. The van der Waals surface area contributed by atoms with E-state index in [9.17, 15) is 21.9 Å². The summed E-state index contributed by atoms with van der Waals surface area (Å²) in [5.74, 6) is -5.39. The van der Waals surface area contributed by atoms with E-state index in [1.54, 1.807) is 0 Å². The van der Waals surface area contributed by atoms with Crippen LogP contribution < -0.4 is 0 Å². The molecular formula is C3H5F4O2P. The van der Waals surface area contributed by atoms with Gasteiger partial charge < -0.3 is 0 Å². The number of hydrogen-bond acceptors (Lipinski definition) is 2. The topological polar surface area (TPSA) is 26.3 Å². The zero-order valence-electron chi connectivity index (χ0n) is 4.98. The van der Waals surface area contributed by atoms with Crippen LogP contribution >= 0.6 is 7.68 Å². The lowest BCUT2D eigenvalue weighted by molar-refractivity contribution is -0.0652. The molecule has 62 valence electrons. The Morgan fingerprint density at radius 3 is 2.00 bits per heavy atom. The van der Waals surface area contributed by atoms with E-state index in [0.717, 1.165) is 6.92 Å². The zero-order chi connectivity index (χ0) is 8.41. The van der Waals surface area contributed by atoms with E-state index in [1.165, 1.54) is 0 Å². The maximum atomic E-state index is 11.8. The van der Waals surface area contributed by atoms with E-state index in [4.69, 9.17) is 0 Å². The van der Waals surface area contributed by atoms with Gasteiger partial charge in [0.2, 0.25) is 0 Å². The van der Waals surface area contributed by atoms with Crippen molar-refractivity contribution in [2.75, 3.05) is 6.61 Å². The second-order valence-electron chi connectivity index (χ2n) is 1.37. The van der Waals surface area contributed by atoms with Crippen LogP contribution in [-0.4, -0.2) is 12.5 Å². The molecule has 0 N–H and O–H groups in total. The van der Waals surface area contributed by atoms with E-state index in [1.807, 2.05) is 0 Å². The van der Waals surface area contributed by atoms with Crippen LogP contribution in [0, 0.1) is 0 Å². The van der Waals surface area contributed by atoms with E-state index >= 15 is 0 Å². The number of alkyl halides is 3. The fraction of sp³-hybridized carbons (Fsp3) is 1.00. The lowest BCUT2D eigenvalue weighted by Crippen LogP contribution is -2.07. The highest BCUT2D eigenvalue weighted by molar-refractivity contribution is 7.54. The van der Waals surface area contributed by atoms with Gasteiger partial charge in [-0.05, 0) is 6.92 Å². The molecule has 0 aliphatic rings. The average Bonchev–Trinajstić information content (AvgIpc) is 1.61. The molecule has 1 atom stereocenters. The highest BCUT2D eigenvalue weighted by Gasteiger charge is 2.54. The normalized spacial score (nSPS) is 18.5. The Morgan fingerprint density at radius 2 is 1.90 bits per heavy atom. The van der Waals surface area contributed by atoms with Gasteiger partial charge in [0.1, 0.15) is 0 Å². The van der Waals surface area contributed by atoms with Crippen LogP contribution in [0.3, 0.4) is 0 Å². The fourth-order valence-corrected chi connectivity index (χ4v) is 0.718. The van der Waals surface area contributed by atoms with Gasteiger partial charge in [-0.1, -0.05) is 0 Å². The van der Waals surface area contributed by atoms with Gasteiger partial charge in [0.05, 0.1) is 6.61 Å². The number of rotatable bonds is 2. The SMILES string of the molecule is CCOP(=O)(F)C(F)(F)F. The van der Waals surface area contributed by atoms with Crippen molar-refractivity contribution in [1.82, 2.24) is 0 Å². The van der Waals surface area contributed by atoms with Crippen LogP contribution in [-0.2, 0) is 9.09 Å². The van der Waals surface area contributed by atoms with Gasteiger partial charge in [0.15, 0.2) is 0 Å². The zero-order valence-corrected chi connectivity index (χ0v) is 5.88. The van der Waals surface area contributed by atoms with Crippen molar-refractivity contribution in [2.24, 2.45) is 0 Å². The minimum Gasteiger partial charge on any atom is -0.300 e. The Balaban J connectivity index is 4.26. The standard InChI is InChI=1S/C3H5F4O2P/c1-2-9-10(7,8)3(4,5)6/h2H2,1H3. The molecular weight excluding hydrogens is 175 g/mol. The van der Waals surface area contributed by atoms with Crippen LogP contribution in [0.4, 0.5) is 17.4 Å². The summed E-state index contributed by atoms with van der Waals surface area (Å²) in [7, 11) is -5.88. The van der Waals surface area contributed by atoms with Gasteiger partial charge in [-0.2, -0.15) is 13.2 Å². The first-order valence-corrected chi connectivity index (χ1v) is 3.84. The molecule has 0 saturated heterocycles. The molecule has 0 aromatic rings. The molecule has 0 spiro atoms. The summed E-state index contributed by atoms with van der Waals surface area (Å²) in [6.07, 6.45) is 0. The van der Waals surface area contributed by atoms with Gasteiger partial charge >= 0.3 is 13.6 Å². The summed E-state index contributed by atoms with van der Waals surface area (Å²) >= 11 is 0. The average molecular weight is 180 g/mol. The van der Waals surface area contributed by atoms with Crippen molar-refractivity contribution in [2.45, 2.75) is 12.8 Å². The fourth-order valence-electron chi connectivity index (χ4n) is 0.239. The lowest BCUT2D eigenvalue weighted by atomic mass is 10.9. The van der Waals surface area contributed by atoms with E-state index in [2.05, 4.69) is 4.52 Å². The van der Waals surface area contributed by atoms with Crippen molar-refractivity contribution in [3.63, 3.8) is 0 Å². The van der Waals surface area contributed by atoms with Crippen LogP contribution in [0.25, 0.3) is 0 Å².